The molecule has 3 aromatic heterocycles. The lowest BCUT2D eigenvalue weighted by molar-refractivity contribution is 0.394. The molecule has 6 rings (SSSR count). The van der Waals surface area contributed by atoms with Crippen molar-refractivity contribution < 1.29 is 9.47 Å². The highest BCUT2D eigenvalue weighted by atomic mass is 16.5. The number of hydrogen-bond donors (Lipinski definition) is 2. The second-order valence-electron chi connectivity index (χ2n) is 12.0. The standard InChI is InChI=1S/C39H44N4O2/c1-4-5-6-7-8-9-10-11-12-13-34-35-18-14-28(40-35)24-30-16-20-37(42-30)39(27-22-32(44-2)26-33(23-27)45-3)38-21-17-31(43-38)25-29-15-19-36(34)41-29/h14-26,40,43H,4-13H2,1-3H3. The topological polar surface area (TPSA) is 75.8 Å². The number of benzene rings is 1. The van der Waals surface area contributed by atoms with Gasteiger partial charge in [0.05, 0.1) is 37.0 Å². The van der Waals surface area contributed by atoms with Crippen LogP contribution in [0, 0.1) is 0 Å². The molecule has 0 aliphatic carbocycles. The van der Waals surface area contributed by atoms with Crippen LogP contribution in [0.5, 0.6) is 11.5 Å². The third-order valence-electron chi connectivity index (χ3n) is 8.68. The van der Waals surface area contributed by atoms with Crippen molar-refractivity contribution >= 4 is 46.4 Å². The number of methoxy groups -OCH3 is 2. The first-order valence-corrected chi connectivity index (χ1v) is 16.5. The highest BCUT2D eigenvalue weighted by Crippen LogP contribution is 2.35. The quantitative estimate of drug-likeness (QED) is 0.129. The van der Waals surface area contributed by atoms with Gasteiger partial charge in [0.2, 0.25) is 0 Å². The average Bonchev–Trinajstić information content (AvgIpc) is 3.88. The van der Waals surface area contributed by atoms with Gasteiger partial charge >= 0.3 is 0 Å². The molecule has 4 aromatic rings. The maximum Gasteiger partial charge on any atom is 0.123 e. The van der Waals surface area contributed by atoms with Crippen LogP contribution in [0.15, 0.2) is 54.6 Å². The number of rotatable bonds is 13. The van der Waals surface area contributed by atoms with Crippen molar-refractivity contribution in [3.63, 3.8) is 0 Å². The van der Waals surface area contributed by atoms with Gasteiger partial charge in [-0.1, -0.05) is 58.3 Å². The van der Waals surface area contributed by atoms with E-state index in [1.807, 2.05) is 18.2 Å². The first-order chi connectivity index (χ1) is 22.1. The van der Waals surface area contributed by atoms with Crippen LogP contribution in [0.4, 0.5) is 0 Å². The molecule has 8 bridgehead atoms. The molecule has 5 heterocycles. The molecule has 2 aliphatic heterocycles. The minimum absolute atomic E-state index is 0.725. The molecule has 1 aromatic carbocycles. The van der Waals surface area contributed by atoms with Crippen molar-refractivity contribution in [3.8, 4) is 22.6 Å². The molecule has 6 heteroatoms. The van der Waals surface area contributed by atoms with E-state index >= 15 is 0 Å². The van der Waals surface area contributed by atoms with E-state index in [1.54, 1.807) is 14.2 Å². The summed E-state index contributed by atoms with van der Waals surface area (Å²) in [5, 5.41) is 0. The first kappa shape index (κ1) is 30.4. The molecule has 2 aliphatic rings. The lowest BCUT2D eigenvalue weighted by atomic mass is 10.0. The summed E-state index contributed by atoms with van der Waals surface area (Å²) in [6, 6.07) is 18.7. The molecular weight excluding hydrogens is 556 g/mol. The van der Waals surface area contributed by atoms with Gasteiger partial charge in [-0.05, 0) is 91.2 Å². The number of H-pyrrole nitrogens is 2. The Balaban J connectivity index is 1.40. The zero-order chi connectivity index (χ0) is 31.0. The van der Waals surface area contributed by atoms with Crippen molar-refractivity contribution in [2.75, 3.05) is 14.2 Å². The van der Waals surface area contributed by atoms with E-state index < -0.39 is 0 Å². The van der Waals surface area contributed by atoms with Gasteiger partial charge in [-0.15, -0.1) is 0 Å². The van der Waals surface area contributed by atoms with E-state index in [1.165, 1.54) is 56.9 Å². The molecule has 0 amide bonds. The number of aromatic nitrogens is 4. The van der Waals surface area contributed by atoms with Gasteiger partial charge in [-0.3, -0.25) is 0 Å². The fourth-order valence-electron chi connectivity index (χ4n) is 6.26. The van der Waals surface area contributed by atoms with E-state index in [4.69, 9.17) is 19.4 Å². The Kier molecular flexibility index (Phi) is 9.79. The van der Waals surface area contributed by atoms with Crippen molar-refractivity contribution in [2.45, 2.75) is 71.1 Å². The molecular formula is C39H44N4O2. The van der Waals surface area contributed by atoms with Crippen LogP contribution in [0.1, 0.15) is 93.1 Å². The van der Waals surface area contributed by atoms with Gasteiger partial charge < -0.3 is 19.4 Å². The largest absolute Gasteiger partial charge is 0.497 e. The number of fused-ring (bicyclic) bond motifs is 8. The molecule has 0 saturated heterocycles. The lowest BCUT2D eigenvalue weighted by Crippen LogP contribution is -1.92. The smallest absolute Gasteiger partial charge is 0.123 e. The second-order valence-corrected chi connectivity index (χ2v) is 12.0. The summed E-state index contributed by atoms with van der Waals surface area (Å²) in [6.07, 6.45) is 21.3. The van der Waals surface area contributed by atoms with Gasteiger partial charge in [0.15, 0.2) is 0 Å². The van der Waals surface area contributed by atoms with E-state index in [9.17, 15) is 0 Å². The Morgan fingerprint density at radius 2 is 1.13 bits per heavy atom. The Hall–Kier alpha value is -4.58. The van der Waals surface area contributed by atoms with Crippen LogP contribution in [0.25, 0.3) is 57.5 Å². The van der Waals surface area contributed by atoms with Crippen LogP contribution in [-0.2, 0) is 6.42 Å². The number of aromatic amines is 2. The molecule has 45 heavy (non-hydrogen) atoms. The molecule has 0 atom stereocenters. The summed E-state index contributed by atoms with van der Waals surface area (Å²) in [5.74, 6) is 1.45. The van der Waals surface area contributed by atoms with Crippen LogP contribution in [0.3, 0.4) is 0 Å². The minimum atomic E-state index is 0.725. The third kappa shape index (κ3) is 7.39. The number of aryl methyl sites for hydroxylation is 1. The Labute approximate surface area is 266 Å². The van der Waals surface area contributed by atoms with Crippen molar-refractivity contribution in [1.29, 1.82) is 0 Å². The monoisotopic (exact) mass is 600 g/mol. The number of hydrogen-bond acceptors (Lipinski definition) is 4. The zero-order valence-corrected chi connectivity index (χ0v) is 26.8. The molecule has 0 unspecified atom stereocenters. The zero-order valence-electron chi connectivity index (χ0n) is 26.8. The van der Waals surface area contributed by atoms with Gasteiger partial charge in [-0.25, -0.2) is 9.97 Å². The van der Waals surface area contributed by atoms with Crippen LogP contribution < -0.4 is 9.47 Å². The Bertz CT molecular complexity index is 1840. The number of ether oxygens (including phenoxy) is 2. The number of nitrogens with one attached hydrogen (secondary N) is 2. The highest BCUT2D eigenvalue weighted by molar-refractivity contribution is 5.91. The summed E-state index contributed by atoms with van der Waals surface area (Å²) < 4.78 is 11.2. The fraction of sp³-hybridized carbons (Fsp3) is 0.333. The molecule has 6 nitrogen and oxygen atoms in total. The third-order valence-corrected chi connectivity index (χ3v) is 8.68. The van der Waals surface area contributed by atoms with Crippen molar-refractivity contribution in [3.05, 3.63) is 82.9 Å². The minimum Gasteiger partial charge on any atom is -0.497 e. The lowest BCUT2D eigenvalue weighted by Gasteiger charge is -2.09. The molecule has 0 spiro atoms. The average molecular weight is 601 g/mol. The van der Waals surface area contributed by atoms with Crippen LogP contribution in [-0.4, -0.2) is 34.2 Å². The van der Waals surface area contributed by atoms with E-state index in [2.05, 4.69) is 77.6 Å². The molecule has 2 N–H and O–H groups in total. The molecule has 0 fully saturated rings. The van der Waals surface area contributed by atoms with E-state index in [0.29, 0.717) is 0 Å². The van der Waals surface area contributed by atoms with Crippen LogP contribution in [0.2, 0.25) is 0 Å². The van der Waals surface area contributed by atoms with Crippen molar-refractivity contribution in [2.24, 2.45) is 0 Å². The molecule has 232 valence electrons. The summed E-state index contributed by atoms with van der Waals surface area (Å²) in [7, 11) is 3.34. The maximum absolute atomic E-state index is 5.60. The Morgan fingerprint density at radius 1 is 0.578 bits per heavy atom. The normalized spacial score (nSPS) is 12.2. The predicted octanol–water partition coefficient (Wildman–Crippen LogP) is 10.4. The molecule has 0 saturated carbocycles. The summed E-state index contributed by atoms with van der Waals surface area (Å²) >= 11 is 0. The predicted molar refractivity (Wildman–Crippen MR) is 188 cm³/mol. The molecule has 0 radical (unpaired) electrons. The number of nitrogens with zero attached hydrogens (tertiary/aromatic N) is 2. The van der Waals surface area contributed by atoms with E-state index in [0.717, 1.165) is 80.3 Å². The summed E-state index contributed by atoms with van der Waals surface area (Å²) in [6.45, 7) is 2.28. The van der Waals surface area contributed by atoms with E-state index in [-0.39, 0.29) is 0 Å². The first-order valence-electron chi connectivity index (χ1n) is 16.5. The SMILES string of the molecule is CCCCCCCCCCCc1c2nc(cc3ccc([nH]3)c(-c3cc(OC)cc(OC)c3)c3nc(cc4ccc1[nH]4)C=C3)C=C2. The highest BCUT2D eigenvalue weighted by Gasteiger charge is 2.14. The number of unbranched alkanes of at least 4 members (excludes halogenated alkanes) is 8. The fourth-order valence-corrected chi connectivity index (χ4v) is 6.26. The van der Waals surface area contributed by atoms with Gasteiger partial charge in [0.1, 0.15) is 11.5 Å². The second kappa shape index (κ2) is 14.5. The van der Waals surface area contributed by atoms with Gasteiger partial charge in [0.25, 0.3) is 0 Å². The van der Waals surface area contributed by atoms with Gasteiger partial charge in [0, 0.05) is 39.3 Å². The van der Waals surface area contributed by atoms with Crippen LogP contribution >= 0.6 is 0 Å². The maximum atomic E-state index is 5.60. The van der Waals surface area contributed by atoms with Crippen molar-refractivity contribution in [1.82, 2.24) is 19.9 Å². The summed E-state index contributed by atoms with van der Waals surface area (Å²) in [4.78, 5) is 17.4. The summed E-state index contributed by atoms with van der Waals surface area (Å²) in [5.41, 5.74) is 11.0. The van der Waals surface area contributed by atoms with Gasteiger partial charge in [-0.2, -0.15) is 0 Å². The Morgan fingerprint density at radius 3 is 1.78 bits per heavy atom.